The Morgan fingerprint density at radius 2 is 0.896 bits per heavy atom. The van der Waals surface area contributed by atoms with E-state index in [-0.39, 0.29) is 17.1 Å². The molecular formula is C30H28Cl3FeN8O4S2. The molecule has 2 aromatic carbocycles. The molecule has 48 heavy (non-hydrogen) atoms. The molecule has 18 heteroatoms. The third-order valence-corrected chi connectivity index (χ3v) is 6.68. The summed E-state index contributed by atoms with van der Waals surface area (Å²) in [6.07, 6.45) is 3.43. The zero-order valence-corrected chi connectivity index (χ0v) is 30.8. The van der Waals surface area contributed by atoms with Gasteiger partial charge in [0.15, 0.2) is 0 Å². The zero-order chi connectivity index (χ0) is 35.0. The van der Waals surface area contributed by atoms with Crippen molar-refractivity contribution in [2.45, 2.75) is 0 Å². The first-order valence-corrected chi connectivity index (χ1v) is 15.9. The molecule has 4 rings (SSSR count). The van der Waals surface area contributed by atoms with Crippen LogP contribution in [0.3, 0.4) is 0 Å². The van der Waals surface area contributed by atoms with Crippen molar-refractivity contribution in [1.29, 1.82) is 0 Å². The van der Waals surface area contributed by atoms with E-state index in [0.29, 0.717) is 31.8 Å². The van der Waals surface area contributed by atoms with E-state index in [0.717, 1.165) is 22.5 Å². The first kappa shape index (κ1) is 42.7. The Kier molecular flexibility index (Phi) is 19.2. The summed E-state index contributed by atoms with van der Waals surface area (Å²) >= 11 is 22.1. The molecule has 0 aliphatic heterocycles. The molecule has 1 radical (unpaired) electrons. The molecule has 4 aromatic rings. The molecule has 0 unspecified atom stereocenters. The van der Waals surface area contributed by atoms with Crippen molar-refractivity contribution >= 4 is 70.2 Å². The van der Waals surface area contributed by atoms with Crippen LogP contribution < -0.4 is 18.6 Å². The van der Waals surface area contributed by atoms with Gasteiger partial charge in [0.2, 0.25) is 0 Å². The van der Waals surface area contributed by atoms with Gasteiger partial charge in [-0.2, -0.15) is 10.2 Å². The van der Waals surface area contributed by atoms with Crippen molar-refractivity contribution < 1.29 is 45.9 Å². The van der Waals surface area contributed by atoms with Crippen LogP contribution in [-0.4, -0.2) is 69.7 Å². The largest absolute Gasteiger partial charge is 3.00 e. The number of aromatic nitrogens is 2. The number of benzene rings is 2. The molecule has 0 amide bonds. The summed E-state index contributed by atoms with van der Waals surface area (Å²) in [6.45, 7) is 0. The number of halogens is 3. The van der Waals surface area contributed by atoms with Crippen molar-refractivity contribution in [2.75, 3.05) is 28.2 Å². The first-order chi connectivity index (χ1) is 22.2. The molecule has 12 nitrogen and oxygen atoms in total. The minimum atomic E-state index is -4.94. The van der Waals surface area contributed by atoms with Crippen LogP contribution in [0, 0.1) is 10.2 Å². The zero-order valence-electron chi connectivity index (χ0n) is 25.8. The van der Waals surface area contributed by atoms with E-state index >= 15 is 0 Å². The maximum absolute atomic E-state index is 8.49. The third-order valence-electron chi connectivity index (χ3n) is 5.29. The summed E-state index contributed by atoms with van der Waals surface area (Å²) in [7, 11) is 2.35. The van der Waals surface area contributed by atoms with Gasteiger partial charge in [-0.05, 0) is 48.5 Å². The second-order valence-corrected chi connectivity index (χ2v) is 11.6. The van der Waals surface area contributed by atoms with Crippen LogP contribution in [0.25, 0.3) is 0 Å². The minimum absolute atomic E-state index is 0. The molecule has 2 heterocycles. The molecule has 0 bridgehead atoms. The number of amidine groups is 2. The maximum atomic E-state index is 8.49. The van der Waals surface area contributed by atoms with Crippen LogP contribution in [-0.2, 0) is 42.3 Å². The fraction of sp³-hybridized carbons (Fsp3) is 0.133. The van der Waals surface area contributed by atoms with Gasteiger partial charge in [-0.3, -0.25) is 9.97 Å². The number of pyridine rings is 2. The Hall–Kier alpha value is -3.31. The molecule has 253 valence electrons. The van der Waals surface area contributed by atoms with Crippen molar-refractivity contribution in [2.24, 2.45) is 20.4 Å². The van der Waals surface area contributed by atoms with E-state index in [1.807, 2.05) is 88.9 Å². The van der Waals surface area contributed by atoms with Crippen LogP contribution in [0.2, 0.25) is 10.0 Å². The van der Waals surface area contributed by atoms with Crippen LogP contribution >= 0.6 is 23.2 Å². The van der Waals surface area contributed by atoms with Gasteiger partial charge in [0.05, 0.1) is 11.4 Å². The summed E-state index contributed by atoms with van der Waals surface area (Å²) in [5.74, 6) is 0. The van der Waals surface area contributed by atoms with Gasteiger partial charge in [0.1, 0.15) is 11.4 Å². The Bertz CT molecular complexity index is 1540. The predicted octanol–water partition coefficient (Wildman–Crippen LogP) is 1.15. The molecule has 0 fully saturated rings. The van der Waals surface area contributed by atoms with E-state index in [1.165, 1.54) is 0 Å². The Morgan fingerprint density at radius 1 is 0.583 bits per heavy atom. The number of nitrogens with zero attached hydrogens (tertiary/aromatic N) is 8. The molecule has 0 saturated carbocycles. The van der Waals surface area contributed by atoms with E-state index in [4.69, 9.17) is 67.1 Å². The fourth-order valence-electron chi connectivity index (χ4n) is 3.10. The second-order valence-electron chi connectivity index (χ2n) is 9.27. The van der Waals surface area contributed by atoms with Crippen molar-refractivity contribution in [1.82, 2.24) is 19.8 Å². The quantitative estimate of drug-likeness (QED) is 0.0907. The van der Waals surface area contributed by atoms with E-state index < -0.39 is 10.2 Å². The van der Waals surface area contributed by atoms with Crippen LogP contribution in [0.5, 0.6) is 0 Å². The van der Waals surface area contributed by atoms with Crippen molar-refractivity contribution in [3.05, 3.63) is 130 Å². The summed E-state index contributed by atoms with van der Waals surface area (Å²) < 4.78 is 34.0. The van der Waals surface area contributed by atoms with Gasteiger partial charge in [0, 0.05) is 72.1 Å². The van der Waals surface area contributed by atoms with Crippen LogP contribution in [0.4, 0.5) is 0 Å². The Labute approximate surface area is 312 Å². The Morgan fingerprint density at radius 3 is 1.15 bits per heavy atom. The van der Waals surface area contributed by atoms with Crippen molar-refractivity contribution in [3.8, 4) is 0 Å². The predicted molar refractivity (Wildman–Crippen MR) is 180 cm³/mol. The minimum Gasteiger partial charge on any atom is -0.741 e. The number of hydrogen-bond donors (Lipinski definition) is 0. The average molecular weight is 791 g/mol. The molecule has 0 atom stereocenters. The van der Waals surface area contributed by atoms with Gasteiger partial charge < -0.3 is 35.1 Å². The fourth-order valence-corrected chi connectivity index (χ4v) is 3.43. The molecule has 0 spiro atoms. The molecule has 0 N–H and O–H groups in total. The van der Waals surface area contributed by atoms with Gasteiger partial charge >= 0.3 is 17.1 Å². The number of hydrogen-bond acceptors (Lipinski definition) is 12. The van der Waals surface area contributed by atoms with Crippen molar-refractivity contribution in [3.63, 3.8) is 0 Å². The summed E-state index contributed by atoms with van der Waals surface area (Å²) in [5.41, 5.74) is 4.51. The normalized spacial score (nSPS) is 12.0. The summed E-state index contributed by atoms with van der Waals surface area (Å²) in [4.78, 5) is 12.1. The Balaban J connectivity index is 0.000000413. The van der Waals surface area contributed by atoms with E-state index in [2.05, 4.69) is 30.4 Å². The summed E-state index contributed by atoms with van der Waals surface area (Å²) in [6, 6.07) is 26.0. The standard InChI is InChI=1S/2C15H15ClN4S.ClHO4.Fe/c2*1-20(2)15(21)19-18-14(13-5-3-4-10-17-13)11-6-8-12(16)9-7-11;2-1(3,4)5;/h2*3-10H,1-2H3,(H,19,21);(H,2,3,4,5);/q;;;+3/p-3/b2*18-14+;;. The monoisotopic (exact) mass is 789 g/mol. The molecule has 0 aliphatic rings. The molecule has 2 aromatic heterocycles. The maximum Gasteiger partial charge on any atom is 3.00 e. The van der Waals surface area contributed by atoms with E-state index in [1.54, 1.807) is 46.5 Å². The SMILES string of the molecule is CN(C)/C([S-])=N/N=C(\c1ccc(Cl)cc1)c1ccccn1.CN(C)/C([S-])=N/N=C(\c1ccc(Cl)cc1)c1ccccn1.[Fe+3].[O-][Cl+3]([O-])([O-])[O-]. The van der Waals surface area contributed by atoms with E-state index in [9.17, 15) is 0 Å². The number of rotatable bonds is 6. The van der Waals surface area contributed by atoms with Gasteiger partial charge in [-0.1, -0.05) is 59.6 Å². The first-order valence-electron chi connectivity index (χ1n) is 13.1. The molecule has 0 aliphatic carbocycles. The van der Waals surface area contributed by atoms with Crippen LogP contribution in [0.15, 0.2) is 118 Å². The van der Waals surface area contributed by atoms with Gasteiger partial charge in [-0.25, -0.2) is 18.6 Å². The topological polar surface area (TPSA) is 174 Å². The average Bonchev–Trinajstić information content (AvgIpc) is 3.03. The second kappa shape index (κ2) is 21.6. The van der Waals surface area contributed by atoms with Crippen LogP contribution in [0.1, 0.15) is 22.5 Å². The van der Waals surface area contributed by atoms with Gasteiger partial charge in [0.25, 0.3) is 0 Å². The summed E-state index contributed by atoms with van der Waals surface area (Å²) in [5, 5.41) is 18.8. The van der Waals surface area contributed by atoms with Gasteiger partial charge in [-0.15, -0.1) is 20.4 Å². The smallest absolute Gasteiger partial charge is 0.741 e. The molecular weight excluding hydrogens is 763 g/mol. The third kappa shape index (κ3) is 16.7. The molecule has 0 saturated heterocycles.